The van der Waals surface area contributed by atoms with Crippen LogP contribution in [0.3, 0.4) is 0 Å². The molecule has 0 radical (unpaired) electrons. The monoisotopic (exact) mass is 418 g/mol. The maximum atomic E-state index is 13.7. The average Bonchev–Trinajstić information content (AvgIpc) is 3.04. The van der Waals surface area contributed by atoms with Crippen molar-refractivity contribution in [2.75, 3.05) is 10.6 Å². The second-order valence-corrected chi connectivity index (χ2v) is 6.70. The highest BCUT2D eigenvalue weighted by molar-refractivity contribution is 5.88. The molecular formula is C19H20F2N6O3. The molecule has 3 aromatic rings. The smallest absolute Gasteiger partial charge is 0.303 e. The lowest BCUT2D eigenvalue weighted by Gasteiger charge is -2.15. The van der Waals surface area contributed by atoms with E-state index in [1.807, 2.05) is 0 Å². The van der Waals surface area contributed by atoms with Gasteiger partial charge in [0.25, 0.3) is 0 Å². The summed E-state index contributed by atoms with van der Waals surface area (Å²) in [7, 11) is 0. The number of ether oxygens (including phenoxy) is 1. The first kappa shape index (κ1) is 21.1. The van der Waals surface area contributed by atoms with Gasteiger partial charge in [-0.05, 0) is 13.8 Å². The Morgan fingerprint density at radius 3 is 2.57 bits per heavy atom. The Balaban J connectivity index is 1.92. The summed E-state index contributed by atoms with van der Waals surface area (Å²) < 4.78 is 38.2. The van der Waals surface area contributed by atoms with E-state index in [-0.39, 0.29) is 24.1 Å². The van der Waals surface area contributed by atoms with E-state index in [1.165, 1.54) is 25.3 Å². The molecule has 0 saturated carbocycles. The van der Waals surface area contributed by atoms with Crippen molar-refractivity contribution in [2.24, 2.45) is 0 Å². The highest BCUT2D eigenvalue weighted by Gasteiger charge is 2.29. The van der Waals surface area contributed by atoms with Gasteiger partial charge in [0.1, 0.15) is 18.2 Å². The molecule has 158 valence electrons. The van der Waals surface area contributed by atoms with E-state index in [1.54, 1.807) is 19.9 Å². The number of hydrogen-bond acceptors (Lipinski definition) is 8. The van der Waals surface area contributed by atoms with E-state index in [9.17, 15) is 13.6 Å². The Hall–Kier alpha value is -3.63. The molecule has 0 spiro atoms. The second-order valence-electron chi connectivity index (χ2n) is 6.70. The van der Waals surface area contributed by atoms with Crippen molar-refractivity contribution in [3.05, 3.63) is 47.4 Å². The van der Waals surface area contributed by atoms with Gasteiger partial charge in [-0.2, -0.15) is 8.78 Å². The number of amides is 1. The first-order valence-corrected chi connectivity index (χ1v) is 8.94. The van der Waals surface area contributed by atoms with Gasteiger partial charge in [-0.1, -0.05) is 5.16 Å². The Morgan fingerprint density at radius 1 is 1.17 bits per heavy atom. The summed E-state index contributed by atoms with van der Waals surface area (Å²) >= 11 is 0. The van der Waals surface area contributed by atoms with Crippen LogP contribution in [0.2, 0.25) is 0 Å². The lowest BCUT2D eigenvalue weighted by molar-refractivity contribution is -0.114. The third-order valence-electron chi connectivity index (χ3n) is 3.73. The lowest BCUT2D eigenvalue weighted by atomic mass is 10.3. The van der Waals surface area contributed by atoms with Crippen molar-refractivity contribution in [1.82, 2.24) is 20.1 Å². The number of carbonyl (C=O) groups is 1. The van der Waals surface area contributed by atoms with Crippen LogP contribution in [-0.4, -0.2) is 26.0 Å². The van der Waals surface area contributed by atoms with E-state index >= 15 is 0 Å². The molecule has 0 saturated heterocycles. The van der Waals surface area contributed by atoms with Crippen LogP contribution in [-0.2, 0) is 17.3 Å². The molecule has 2 N–H and O–H groups in total. The van der Waals surface area contributed by atoms with Gasteiger partial charge in [0, 0.05) is 37.7 Å². The van der Waals surface area contributed by atoms with Gasteiger partial charge < -0.3 is 19.9 Å². The second kappa shape index (κ2) is 8.39. The van der Waals surface area contributed by atoms with Crippen LogP contribution in [0.4, 0.5) is 26.1 Å². The summed E-state index contributed by atoms with van der Waals surface area (Å²) in [4.78, 5) is 23.1. The van der Waals surface area contributed by atoms with E-state index in [0.29, 0.717) is 28.6 Å². The fourth-order valence-electron chi connectivity index (χ4n) is 2.50. The molecule has 0 bridgehead atoms. The molecule has 1 amide bonds. The highest BCUT2D eigenvalue weighted by Crippen LogP contribution is 2.31. The zero-order valence-corrected chi connectivity index (χ0v) is 16.8. The zero-order valence-electron chi connectivity index (χ0n) is 16.8. The quantitative estimate of drug-likeness (QED) is 0.594. The Morgan fingerprint density at radius 2 is 1.93 bits per heavy atom. The lowest BCUT2D eigenvalue weighted by Crippen LogP contribution is -2.14. The molecule has 3 aromatic heterocycles. The predicted molar refractivity (Wildman–Crippen MR) is 104 cm³/mol. The Kier molecular flexibility index (Phi) is 5.90. The molecular weight excluding hydrogens is 398 g/mol. The van der Waals surface area contributed by atoms with Gasteiger partial charge >= 0.3 is 5.92 Å². The number of carbonyl (C=O) groups excluding carboxylic acids is 1. The molecule has 0 fully saturated rings. The average molecular weight is 418 g/mol. The van der Waals surface area contributed by atoms with E-state index in [4.69, 9.17) is 9.26 Å². The summed E-state index contributed by atoms with van der Waals surface area (Å²) in [5.74, 6) is -2.95. The largest absolute Gasteiger partial charge is 0.482 e. The minimum absolute atomic E-state index is 0.0672. The number of nitrogens with zero attached hydrogens (tertiary/aromatic N) is 4. The molecule has 0 aromatic carbocycles. The van der Waals surface area contributed by atoms with Gasteiger partial charge in [-0.15, -0.1) is 0 Å². The molecule has 30 heavy (non-hydrogen) atoms. The van der Waals surface area contributed by atoms with Gasteiger partial charge in [0.2, 0.25) is 11.7 Å². The van der Waals surface area contributed by atoms with Crippen molar-refractivity contribution in [3.63, 3.8) is 0 Å². The molecule has 3 rings (SSSR count). The first-order valence-electron chi connectivity index (χ1n) is 8.94. The van der Waals surface area contributed by atoms with Crippen LogP contribution in [0.25, 0.3) is 0 Å². The minimum atomic E-state index is -3.20. The maximum Gasteiger partial charge on any atom is 0.303 e. The van der Waals surface area contributed by atoms with Crippen LogP contribution < -0.4 is 15.4 Å². The molecule has 3 heterocycles. The van der Waals surface area contributed by atoms with Gasteiger partial charge in [0.15, 0.2) is 11.5 Å². The number of hydrogen-bond donors (Lipinski definition) is 2. The zero-order chi connectivity index (χ0) is 21.9. The SMILES string of the molecule is CC(=O)Nc1cc(Nc2cc(C)nc(C(C)(F)F)n2)c(OCc2cc(C)no2)cn1. The van der Waals surface area contributed by atoms with Crippen molar-refractivity contribution in [2.45, 2.75) is 40.2 Å². The van der Waals surface area contributed by atoms with Gasteiger partial charge in [-0.3, -0.25) is 4.79 Å². The Bertz CT molecular complexity index is 1060. The summed E-state index contributed by atoms with van der Waals surface area (Å²) in [6.45, 7) is 5.50. The van der Waals surface area contributed by atoms with E-state index in [0.717, 1.165) is 6.92 Å². The molecule has 9 nitrogen and oxygen atoms in total. The number of alkyl halides is 2. The number of pyridine rings is 1. The Labute approximate surface area is 170 Å². The van der Waals surface area contributed by atoms with E-state index in [2.05, 4.69) is 30.7 Å². The van der Waals surface area contributed by atoms with Crippen molar-refractivity contribution < 1.29 is 22.8 Å². The number of halogens is 2. The minimum Gasteiger partial charge on any atom is -0.482 e. The van der Waals surface area contributed by atoms with Crippen molar-refractivity contribution >= 4 is 23.2 Å². The molecule has 11 heteroatoms. The van der Waals surface area contributed by atoms with Crippen LogP contribution in [0, 0.1) is 13.8 Å². The maximum absolute atomic E-state index is 13.7. The summed E-state index contributed by atoms with van der Waals surface area (Å²) in [6.07, 6.45) is 1.39. The third-order valence-corrected chi connectivity index (χ3v) is 3.73. The van der Waals surface area contributed by atoms with Crippen LogP contribution in [0.5, 0.6) is 5.75 Å². The highest BCUT2D eigenvalue weighted by atomic mass is 19.3. The summed E-state index contributed by atoms with van der Waals surface area (Å²) in [5.41, 5.74) is 1.42. The van der Waals surface area contributed by atoms with Gasteiger partial charge in [0.05, 0.1) is 17.6 Å². The molecule has 0 atom stereocenters. The van der Waals surface area contributed by atoms with Gasteiger partial charge in [-0.25, -0.2) is 15.0 Å². The van der Waals surface area contributed by atoms with Crippen LogP contribution in [0.15, 0.2) is 28.9 Å². The van der Waals surface area contributed by atoms with Crippen LogP contribution in [0.1, 0.15) is 36.8 Å². The normalized spacial score (nSPS) is 11.3. The topological polar surface area (TPSA) is 115 Å². The number of aromatic nitrogens is 4. The molecule has 0 unspecified atom stereocenters. The standard InChI is InChI=1S/C19H20F2N6O3/c1-10-6-17(26-18(23-10)19(4,20)21)25-14-7-16(24-12(3)28)22-8-15(14)29-9-13-5-11(2)27-30-13/h5-8H,9H2,1-4H3,(H2,22,23,24,25,26,28). The predicted octanol–water partition coefficient (Wildman–Crippen LogP) is 3.87. The number of anilines is 3. The number of aryl methyl sites for hydroxylation is 2. The molecule has 0 aliphatic carbocycles. The first-order chi connectivity index (χ1) is 14.1. The number of nitrogens with one attached hydrogen (secondary N) is 2. The number of rotatable bonds is 7. The molecule has 0 aliphatic heterocycles. The fraction of sp³-hybridized carbons (Fsp3) is 0.316. The third kappa shape index (κ3) is 5.46. The molecule has 0 aliphatic rings. The van der Waals surface area contributed by atoms with E-state index < -0.39 is 11.7 Å². The van der Waals surface area contributed by atoms with Crippen LogP contribution >= 0.6 is 0 Å². The van der Waals surface area contributed by atoms with Crippen molar-refractivity contribution in [3.8, 4) is 5.75 Å². The van der Waals surface area contributed by atoms with Crippen molar-refractivity contribution in [1.29, 1.82) is 0 Å². The summed E-state index contributed by atoms with van der Waals surface area (Å²) in [5, 5.41) is 9.28. The summed E-state index contributed by atoms with van der Waals surface area (Å²) in [6, 6.07) is 4.73. The fourth-order valence-corrected chi connectivity index (χ4v) is 2.50.